The van der Waals surface area contributed by atoms with Crippen molar-refractivity contribution in [3.63, 3.8) is 0 Å². The minimum absolute atomic E-state index is 0.0125. The number of anilines is 1. The van der Waals surface area contributed by atoms with Crippen molar-refractivity contribution in [1.82, 2.24) is 4.98 Å². The van der Waals surface area contributed by atoms with Crippen molar-refractivity contribution in [2.75, 3.05) is 12.3 Å². The molecule has 30 heavy (non-hydrogen) atoms. The Bertz CT molecular complexity index is 1220. The number of rotatable bonds is 6. The Labute approximate surface area is 181 Å². The van der Waals surface area contributed by atoms with Crippen LogP contribution in [0.4, 0.5) is 5.82 Å². The number of nitrogens with two attached hydrogens (primary N) is 1. The van der Waals surface area contributed by atoms with E-state index in [9.17, 15) is 15.3 Å². The van der Waals surface area contributed by atoms with E-state index in [4.69, 9.17) is 15.2 Å². The quantitative estimate of drug-likeness (QED) is 0.565. The number of nitrogen functional groups attached to an aromatic ring is 1. The van der Waals surface area contributed by atoms with Crippen molar-refractivity contribution < 1.29 is 9.47 Å². The molecule has 3 aromatic rings. The molecular weight excluding hydrogens is 448 g/mol. The van der Waals surface area contributed by atoms with Crippen molar-refractivity contribution in [2.24, 2.45) is 0 Å². The largest absolute Gasteiger partial charge is 0.490 e. The van der Waals surface area contributed by atoms with Crippen LogP contribution in [0.25, 0.3) is 11.1 Å². The first-order valence-electron chi connectivity index (χ1n) is 8.99. The zero-order valence-electron chi connectivity index (χ0n) is 16.0. The van der Waals surface area contributed by atoms with Gasteiger partial charge in [-0.1, -0.05) is 30.3 Å². The first kappa shape index (κ1) is 21.0. The lowest BCUT2D eigenvalue weighted by atomic mass is 9.96. The average Bonchev–Trinajstić information content (AvgIpc) is 2.73. The Balaban J connectivity index is 2.14. The summed E-state index contributed by atoms with van der Waals surface area (Å²) < 4.78 is 12.2. The van der Waals surface area contributed by atoms with Gasteiger partial charge in [-0.05, 0) is 46.1 Å². The molecule has 0 aliphatic carbocycles. The van der Waals surface area contributed by atoms with E-state index in [0.29, 0.717) is 34.7 Å². The van der Waals surface area contributed by atoms with Gasteiger partial charge in [0, 0.05) is 5.56 Å². The molecule has 0 spiro atoms. The number of nitrogens with one attached hydrogen (secondary N) is 1. The van der Waals surface area contributed by atoms with Crippen molar-refractivity contribution in [3.05, 3.63) is 74.0 Å². The molecule has 0 unspecified atom stereocenters. The summed E-state index contributed by atoms with van der Waals surface area (Å²) in [6.07, 6.45) is 0. The summed E-state index contributed by atoms with van der Waals surface area (Å²) in [6, 6.07) is 16.8. The Morgan fingerprint density at radius 3 is 2.43 bits per heavy atom. The number of nitrogens with zero attached hydrogens (tertiary/aromatic N) is 2. The van der Waals surface area contributed by atoms with Gasteiger partial charge in [0.15, 0.2) is 11.5 Å². The Morgan fingerprint density at radius 2 is 1.80 bits per heavy atom. The maximum Gasteiger partial charge on any atom is 0.268 e. The number of ether oxygens (including phenoxy) is 2. The van der Waals surface area contributed by atoms with E-state index >= 15 is 0 Å². The van der Waals surface area contributed by atoms with Crippen LogP contribution in [0.3, 0.4) is 0 Å². The molecule has 0 fully saturated rings. The van der Waals surface area contributed by atoms with Crippen LogP contribution in [-0.2, 0) is 6.61 Å². The van der Waals surface area contributed by atoms with Crippen molar-refractivity contribution in [1.29, 1.82) is 10.5 Å². The number of nitriles is 2. The smallest absolute Gasteiger partial charge is 0.268 e. The van der Waals surface area contributed by atoms with E-state index in [0.717, 1.165) is 5.56 Å². The highest BCUT2D eigenvalue weighted by Gasteiger charge is 2.21. The number of halogens is 1. The summed E-state index contributed by atoms with van der Waals surface area (Å²) in [7, 11) is 0. The third kappa shape index (κ3) is 4.14. The van der Waals surface area contributed by atoms with E-state index < -0.39 is 5.56 Å². The average molecular weight is 465 g/mol. The SMILES string of the molecule is CCOc1cc(-c2c(C#N)c(N)[nH]c(=O)c2C#N)cc(Br)c1OCc1ccccc1. The highest BCUT2D eigenvalue weighted by atomic mass is 79.9. The summed E-state index contributed by atoms with van der Waals surface area (Å²) in [6.45, 7) is 2.52. The third-order valence-corrected chi connectivity index (χ3v) is 4.88. The molecule has 0 saturated carbocycles. The fourth-order valence-corrected chi connectivity index (χ4v) is 3.53. The van der Waals surface area contributed by atoms with Gasteiger partial charge in [0.05, 0.1) is 11.1 Å². The second-order valence-electron chi connectivity index (χ2n) is 6.21. The van der Waals surface area contributed by atoms with Crippen molar-refractivity contribution >= 4 is 21.7 Å². The molecule has 1 heterocycles. The number of benzene rings is 2. The van der Waals surface area contributed by atoms with Gasteiger partial charge in [0.2, 0.25) is 0 Å². The third-order valence-electron chi connectivity index (χ3n) is 4.29. The fourth-order valence-electron chi connectivity index (χ4n) is 2.98. The number of H-pyrrole nitrogens is 1. The van der Waals surface area contributed by atoms with Gasteiger partial charge in [-0.2, -0.15) is 10.5 Å². The molecule has 1 aromatic heterocycles. The molecule has 0 atom stereocenters. The van der Waals surface area contributed by atoms with Crippen LogP contribution >= 0.6 is 15.9 Å². The molecule has 2 aromatic carbocycles. The lowest BCUT2D eigenvalue weighted by molar-refractivity contribution is 0.268. The standard InChI is InChI=1S/C22H17BrN4O3/c1-2-29-18-9-14(19-15(10-24)21(26)27-22(28)16(19)11-25)8-17(23)20(18)30-12-13-6-4-3-5-7-13/h3-9H,2,12H2,1H3,(H3,26,27,28). The lowest BCUT2D eigenvalue weighted by Gasteiger charge is -2.17. The first-order chi connectivity index (χ1) is 14.5. The number of pyridine rings is 1. The highest BCUT2D eigenvalue weighted by Crippen LogP contribution is 2.41. The molecule has 0 amide bonds. The molecule has 3 N–H and O–H groups in total. The van der Waals surface area contributed by atoms with Crippen LogP contribution in [0.1, 0.15) is 23.6 Å². The molecule has 0 bridgehead atoms. The summed E-state index contributed by atoms with van der Waals surface area (Å²) in [5, 5.41) is 19.0. The van der Waals surface area contributed by atoms with Crippen LogP contribution in [0.5, 0.6) is 11.5 Å². The molecule has 8 heteroatoms. The molecule has 0 saturated heterocycles. The summed E-state index contributed by atoms with van der Waals surface area (Å²) in [5.41, 5.74) is 6.53. The summed E-state index contributed by atoms with van der Waals surface area (Å²) in [4.78, 5) is 14.6. The lowest BCUT2D eigenvalue weighted by Crippen LogP contribution is -2.16. The van der Waals surface area contributed by atoms with Gasteiger partial charge < -0.3 is 20.2 Å². The second kappa shape index (κ2) is 9.17. The normalized spacial score (nSPS) is 10.1. The predicted octanol–water partition coefficient (Wildman–Crippen LogP) is 4.11. The molecule has 150 valence electrons. The molecule has 3 rings (SSSR count). The minimum atomic E-state index is -0.664. The molecule has 0 aliphatic rings. The Kier molecular flexibility index (Phi) is 6.41. The summed E-state index contributed by atoms with van der Waals surface area (Å²) in [5.74, 6) is 0.777. The van der Waals surface area contributed by atoms with E-state index in [2.05, 4.69) is 20.9 Å². The van der Waals surface area contributed by atoms with Gasteiger partial charge in [-0.15, -0.1) is 0 Å². The number of aromatic nitrogens is 1. The highest BCUT2D eigenvalue weighted by molar-refractivity contribution is 9.10. The van der Waals surface area contributed by atoms with Gasteiger partial charge >= 0.3 is 0 Å². The predicted molar refractivity (Wildman–Crippen MR) is 116 cm³/mol. The van der Waals surface area contributed by atoms with Crippen molar-refractivity contribution in [2.45, 2.75) is 13.5 Å². The van der Waals surface area contributed by atoms with E-state index in [1.807, 2.05) is 49.4 Å². The monoisotopic (exact) mass is 464 g/mol. The van der Waals surface area contributed by atoms with Crippen LogP contribution < -0.4 is 20.8 Å². The van der Waals surface area contributed by atoms with Gasteiger partial charge in [-0.3, -0.25) is 4.79 Å². The second-order valence-corrected chi connectivity index (χ2v) is 7.06. The number of aromatic amines is 1. The van der Waals surface area contributed by atoms with Crippen LogP contribution in [0, 0.1) is 22.7 Å². The molecule has 0 radical (unpaired) electrons. The minimum Gasteiger partial charge on any atom is -0.490 e. The van der Waals surface area contributed by atoms with E-state index in [1.165, 1.54) is 0 Å². The van der Waals surface area contributed by atoms with Crippen LogP contribution in [0.15, 0.2) is 51.7 Å². The topological polar surface area (TPSA) is 125 Å². The number of hydrogen-bond acceptors (Lipinski definition) is 6. The molecule has 0 aliphatic heterocycles. The summed E-state index contributed by atoms with van der Waals surface area (Å²) >= 11 is 3.48. The fraction of sp³-hybridized carbons (Fsp3) is 0.136. The number of hydrogen-bond donors (Lipinski definition) is 2. The van der Waals surface area contributed by atoms with Gasteiger partial charge in [0.1, 0.15) is 35.7 Å². The van der Waals surface area contributed by atoms with Gasteiger partial charge in [0.25, 0.3) is 5.56 Å². The van der Waals surface area contributed by atoms with Gasteiger partial charge in [-0.25, -0.2) is 0 Å². The zero-order chi connectivity index (χ0) is 21.7. The Morgan fingerprint density at radius 1 is 1.10 bits per heavy atom. The van der Waals surface area contributed by atoms with E-state index in [-0.39, 0.29) is 22.5 Å². The van der Waals surface area contributed by atoms with Crippen LogP contribution in [-0.4, -0.2) is 11.6 Å². The molecular formula is C22H17BrN4O3. The Hall–Kier alpha value is -3.75. The molecule has 7 nitrogen and oxygen atoms in total. The first-order valence-corrected chi connectivity index (χ1v) is 9.78. The van der Waals surface area contributed by atoms with Crippen molar-refractivity contribution in [3.8, 4) is 34.8 Å². The zero-order valence-corrected chi connectivity index (χ0v) is 17.6. The van der Waals surface area contributed by atoms with E-state index in [1.54, 1.807) is 12.1 Å². The maximum absolute atomic E-state index is 12.2. The maximum atomic E-state index is 12.2. The van der Waals surface area contributed by atoms with Crippen LogP contribution in [0.2, 0.25) is 0 Å².